The number of anilines is 1. The first-order valence-corrected chi connectivity index (χ1v) is 6.75. The van der Waals surface area contributed by atoms with Crippen molar-refractivity contribution in [3.8, 4) is 0 Å². The third kappa shape index (κ3) is 3.59. The quantitative estimate of drug-likeness (QED) is 0.906. The molecule has 4 heteroatoms. The monoisotopic (exact) mass is 289 g/mol. The van der Waals surface area contributed by atoms with Gasteiger partial charge in [-0.2, -0.15) is 0 Å². The Labute approximate surface area is 123 Å². The van der Waals surface area contributed by atoms with E-state index in [9.17, 15) is 4.79 Å². The van der Waals surface area contributed by atoms with Crippen LogP contribution in [0, 0.1) is 6.92 Å². The summed E-state index contributed by atoms with van der Waals surface area (Å²) in [6, 6.07) is 12.7. The number of benzene rings is 2. The summed E-state index contributed by atoms with van der Waals surface area (Å²) in [5.74, 6) is -0.181. The summed E-state index contributed by atoms with van der Waals surface area (Å²) in [4.78, 5) is 12.2. The number of hydrogen-bond acceptors (Lipinski definition) is 2. The number of aliphatic hydroxyl groups is 1. The maximum atomic E-state index is 12.2. The van der Waals surface area contributed by atoms with Crippen molar-refractivity contribution in [3.05, 3.63) is 64.2 Å². The van der Waals surface area contributed by atoms with Crippen molar-refractivity contribution in [1.82, 2.24) is 0 Å². The summed E-state index contributed by atoms with van der Waals surface area (Å²) >= 11 is 5.92. The lowest BCUT2D eigenvalue weighted by molar-refractivity contribution is 0.102. The molecule has 2 rings (SSSR count). The smallest absolute Gasteiger partial charge is 0.255 e. The van der Waals surface area contributed by atoms with Gasteiger partial charge in [-0.1, -0.05) is 29.8 Å². The molecular formula is C16H16ClNO2. The van der Waals surface area contributed by atoms with Gasteiger partial charge in [-0.05, 0) is 48.7 Å². The van der Waals surface area contributed by atoms with Crippen LogP contribution in [0.4, 0.5) is 5.69 Å². The fourth-order valence-electron chi connectivity index (χ4n) is 1.92. The molecule has 104 valence electrons. The number of aliphatic hydroxyl groups excluding tert-OH is 1. The fourth-order valence-corrected chi connectivity index (χ4v) is 2.09. The molecule has 0 saturated heterocycles. The molecule has 0 spiro atoms. The van der Waals surface area contributed by atoms with Gasteiger partial charge in [0.15, 0.2) is 0 Å². The number of amides is 1. The van der Waals surface area contributed by atoms with E-state index in [4.69, 9.17) is 16.7 Å². The van der Waals surface area contributed by atoms with Crippen LogP contribution >= 0.6 is 11.6 Å². The van der Waals surface area contributed by atoms with Crippen molar-refractivity contribution in [1.29, 1.82) is 0 Å². The standard InChI is InChI=1S/C16H16ClNO2/c1-11-2-5-13(17)10-15(11)16(20)18-14-6-3-12(4-7-14)8-9-19/h2-7,10,19H,8-9H2,1H3,(H,18,20). The number of nitrogens with one attached hydrogen (secondary N) is 1. The second-order valence-electron chi connectivity index (χ2n) is 4.58. The number of carbonyl (C=O) groups is 1. The highest BCUT2D eigenvalue weighted by molar-refractivity contribution is 6.31. The van der Waals surface area contributed by atoms with Crippen LogP contribution in [0.25, 0.3) is 0 Å². The molecule has 20 heavy (non-hydrogen) atoms. The van der Waals surface area contributed by atoms with Gasteiger partial charge in [0.05, 0.1) is 0 Å². The molecule has 0 radical (unpaired) electrons. The molecule has 2 aromatic rings. The van der Waals surface area contributed by atoms with Crippen molar-refractivity contribution < 1.29 is 9.90 Å². The molecule has 3 nitrogen and oxygen atoms in total. The number of hydrogen-bond donors (Lipinski definition) is 2. The van der Waals surface area contributed by atoms with Crippen molar-refractivity contribution in [2.45, 2.75) is 13.3 Å². The van der Waals surface area contributed by atoms with Gasteiger partial charge in [-0.15, -0.1) is 0 Å². The van der Waals surface area contributed by atoms with Gasteiger partial charge in [0, 0.05) is 22.9 Å². The minimum absolute atomic E-state index is 0.118. The van der Waals surface area contributed by atoms with E-state index in [0.29, 0.717) is 17.0 Å². The highest BCUT2D eigenvalue weighted by Crippen LogP contribution is 2.17. The first kappa shape index (κ1) is 14.6. The highest BCUT2D eigenvalue weighted by atomic mass is 35.5. The molecular weight excluding hydrogens is 274 g/mol. The van der Waals surface area contributed by atoms with Crippen molar-refractivity contribution in [2.24, 2.45) is 0 Å². The van der Waals surface area contributed by atoms with Crippen molar-refractivity contribution >= 4 is 23.2 Å². The van der Waals surface area contributed by atoms with Gasteiger partial charge in [0.1, 0.15) is 0 Å². The lowest BCUT2D eigenvalue weighted by atomic mass is 10.1. The molecule has 0 aliphatic heterocycles. The molecule has 0 aliphatic rings. The van der Waals surface area contributed by atoms with Crippen LogP contribution in [0.1, 0.15) is 21.5 Å². The number of carbonyl (C=O) groups excluding carboxylic acids is 1. The summed E-state index contributed by atoms with van der Waals surface area (Å²) in [6.45, 7) is 1.99. The Balaban J connectivity index is 2.13. The number of halogens is 1. The molecule has 1 amide bonds. The van der Waals surface area contributed by atoms with Crippen molar-refractivity contribution in [3.63, 3.8) is 0 Å². The van der Waals surface area contributed by atoms with Gasteiger partial charge in [-0.3, -0.25) is 4.79 Å². The largest absolute Gasteiger partial charge is 0.396 e. The normalized spacial score (nSPS) is 10.3. The van der Waals surface area contributed by atoms with Crippen LogP contribution < -0.4 is 5.32 Å². The van der Waals surface area contributed by atoms with Gasteiger partial charge in [0.2, 0.25) is 0 Å². The van der Waals surface area contributed by atoms with Crippen LogP contribution in [-0.4, -0.2) is 17.6 Å². The Hall–Kier alpha value is -1.84. The molecule has 0 fully saturated rings. The van der Waals surface area contributed by atoms with E-state index in [1.54, 1.807) is 12.1 Å². The van der Waals surface area contributed by atoms with Crippen LogP contribution in [0.3, 0.4) is 0 Å². The Morgan fingerprint density at radius 3 is 2.55 bits per heavy atom. The predicted molar refractivity (Wildman–Crippen MR) is 81.4 cm³/mol. The second kappa shape index (κ2) is 6.55. The topological polar surface area (TPSA) is 49.3 Å². The Morgan fingerprint density at radius 1 is 1.20 bits per heavy atom. The number of rotatable bonds is 4. The molecule has 0 saturated carbocycles. The van der Waals surface area contributed by atoms with Crippen LogP contribution in [0.5, 0.6) is 0 Å². The van der Waals surface area contributed by atoms with Crippen LogP contribution in [-0.2, 0) is 6.42 Å². The number of aryl methyl sites for hydroxylation is 1. The molecule has 2 N–H and O–H groups in total. The lowest BCUT2D eigenvalue weighted by Crippen LogP contribution is -2.13. The first-order chi connectivity index (χ1) is 9.60. The molecule has 0 aliphatic carbocycles. The zero-order chi connectivity index (χ0) is 14.5. The van der Waals surface area contributed by atoms with Gasteiger partial charge in [0.25, 0.3) is 5.91 Å². The third-order valence-corrected chi connectivity index (χ3v) is 3.29. The Bertz CT molecular complexity index is 608. The summed E-state index contributed by atoms with van der Waals surface area (Å²) in [6.07, 6.45) is 0.613. The van der Waals surface area contributed by atoms with E-state index in [0.717, 1.165) is 16.8 Å². The summed E-state index contributed by atoms with van der Waals surface area (Å²) in [5, 5.41) is 12.2. The van der Waals surface area contributed by atoms with E-state index >= 15 is 0 Å². The van der Waals surface area contributed by atoms with Gasteiger partial charge < -0.3 is 10.4 Å². The second-order valence-corrected chi connectivity index (χ2v) is 5.02. The predicted octanol–water partition coefficient (Wildman–Crippen LogP) is 3.44. The molecule has 0 bridgehead atoms. The zero-order valence-electron chi connectivity index (χ0n) is 11.2. The maximum Gasteiger partial charge on any atom is 0.255 e. The summed E-state index contributed by atoms with van der Waals surface area (Å²) in [7, 11) is 0. The summed E-state index contributed by atoms with van der Waals surface area (Å²) in [5.41, 5.74) is 3.20. The lowest BCUT2D eigenvalue weighted by Gasteiger charge is -2.09. The fraction of sp³-hybridized carbons (Fsp3) is 0.188. The molecule has 2 aromatic carbocycles. The van der Waals surface area contributed by atoms with Gasteiger partial charge >= 0.3 is 0 Å². The third-order valence-electron chi connectivity index (χ3n) is 3.06. The summed E-state index contributed by atoms with van der Waals surface area (Å²) < 4.78 is 0. The average Bonchev–Trinajstić information content (AvgIpc) is 2.44. The van der Waals surface area contributed by atoms with E-state index in [1.807, 2.05) is 37.3 Å². The van der Waals surface area contributed by atoms with E-state index in [-0.39, 0.29) is 12.5 Å². The SMILES string of the molecule is Cc1ccc(Cl)cc1C(=O)Nc1ccc(CCO)cc1. The minimum atomic E-state index is -0.181. The van der Waals surface area contributed by atoms with E-state index in [2.05, 4.69) is 5.32 Å². The Morgan fingerprint density at radius 2 is 1.90 bits per heavy atom. The van der Waals surface area contributed by atoms with E-state index in [1.165, 1.54) is 0 Å². The first-order valence-electron chi connectivity index (χ1n) is 6.37. The molecule has 0 aromatic heterocycles. The highest BCUT2D eigenvalue weighted by Gasteiger charge is 2.09. The maximum absolute atomic E-state index is 12.2. The van der Waals surface area contributed by atoms with Crippen molar-refractivity contribution in [2.75, 3.05) is 11.9 Å². The van der Waals surface area contributed by atoms with Gasteiger partial charge in [-0.25, -0.2) is 0 Å². The molecule has 0 heterocycles. The van der Waals surface area contributed by atoms with Crippen LogP contribution in [0.2, 0.25) is 5.02 Å². The average molecular weight is 290 g/mol. The van der Waals surface area contributed by atoms with E-state index < -0.39 is 0 Å². The Kier molecular flexibility index (Phi) is 4.77. The molecule has 0 atom stereocenters. The minimum Gasteiger partial charge on any atom is -0.396 e. The molecule has 0 unspecified atom stereocenters. The van der Waals surface area contributed by atoms with Crippen LogP contribution in [0.15, 0.2) is 42.5 Å². The zero-order valence-corrected chi connectivity index (χ0v) is 11.9.